The summed E-state index contributed by atoms with van der Waals surface area (Å²) in [5, 5.41) is 0. The third-order valence-corrected chi connectivity index (χ3v) is 3.78. The van der Waals surface area contributed by atoms with E-state index in [9.17, 15) is 0 Å². The molecule has 3 heteroatoms. The number of halogens is 1. The second-order valence-corrected chi connectivity index (χ2v) is 5.46. The zero-order chi connectivity index (χ0) is 12.5. The van der Waals surface area contributed by atoms with Crippen LogP contribution < -0.4 is 10.5 Å². The second kappa shape index (κ2) is 4.75. The first kappa shape index (κ1) is 11.8. The maximum atomic E-state index is 6.23. The molecule has 3 rings (SSSR count). The fraction of sp³-hybridized carbons (Fsp3) is 0.200. The van der Waals surface area contributed by atoms with E-state index in [4.69, 9.17) is 10.5 Å². The van der Waals surface area contributed by atoms with Gasteiger partial charge in [-0.15, -0.1) is 0 Å². The van der Waals surface area contributed by atoms with Gasteiger partial charge in [-0.2, -0.15) is 0 Å². The summed E-state index contributed by atoms with van der Waals surface area (Å²) in [6, 6.07) is 16.3. The van der Waals surface area contributed by atoms with Gasteiger partial charge in [0, 0.05) is 22.5 Å². The minimum absolute atomic E-state index is 0.0343. The molecule has 2 nitrogen and oxygen atoms in total. The quantitative estimate of drug-likeness (QED) is 0.865. The van der Waals surface area contributed by atoms with Crippen molar-refractivity contribution < 1.29 is 4.74 Å². The fourth-order valence-electron chi connectivity index (χ4n) is 2.35. The van der Waals surface area contributed by atoms with E-state index < -0.39 is 0 Å². The van der Waals surface area contributed by atoms with Crippen LogP contribution in [-0.4, -0.2) is 0 Å². The van der Waals surface area contributed by atoms with Gasteiger partial charge < -0.3 is 10.5 Å². The number of rotatable bonds is 1. The fourth-order valence-corrected chi connectivity index (χ4v) is 2.69. The molecular formula is C15H14BrNO. The van der Waals surface area contributed by atoms with Crippen LogP contribution in [0.5, 0.6) is 5.75 Å². The molecule has 1 heterocycles. The summed E-state index contributed by atoms with van der Waals surface area (Å²) >= 11 is 3.47. The Balaban J connectivity index is 1.96. The van der Waals surface area contributed by atoms with Crippen molar-refractivity contribution in [1.82, 2.24) is 0 Å². The van der Waals surface area contributed by atoms with Crippen molar-refractivity contribution in [3.8, 4) is 5.75 Å². The van der Waals surface area contributed by atoms with Gasteiger partial charge in [0.1, 0.15) is 11.9 Å². The third-order valence-electron chi connectivity index (χ3n) is 3.28. The summed E-state index contributed by atoms with van der Waals surface area (Å²) in [5.41, 5.74) is 8.50. The first-order chi connectivity index (χ1) is 8.74. The third kappa shape index (κ3) is 2.16. The summed E-state index contributed by atoms with van der Waals surface area (Å²) in [6.45, 7) is 0. The van der Waals surface area contributed by atoms with Crippen LogP contribution in [0.4, 0.5) is 0 Å². The average Bonchev–Trinajstić information content (AvgIpc) is 2.39. The van der Waals surface area contributed by atoms with Crippen LogP contribution in [0.3, 0.4) is 0 Å². The molecule has 0 radical (unpaired) electrons. The lowest BCUT2D eigenvalue weighted by atomic mass is 9.94. The molecule has 2 atom stereocenters. The molecule has 0 amide bonds. The van der Waals surface area contributed by atoms with Crippen LogP contribution >= 0.6 is 15.9 Å². The van der Waals surface area contributed by atoms with Crippen molar-refractivity contribution in [2.24, 2.45) is 5.73 Å². The molecule has 18 heavy (non-hydrogen) atoms. The molecule has 0 fully saturated rings. The van der Waals surface area contributed by atoms with Crippen molar-refractivity contribution >= 4 is 15.9 Å². The molecule has 1 aliphatic heterocycles. The zero-order valence-corrected chi connectivity index (χ0v) is 11.4. The molecule has 92 valence electrons. The highest BCUT2D eigenvalue weighted by molar-refractivity contribution is 9.10. The normalized spacial score (nSPS) is 22.1. The lowest BCUT2D eigenvalue weighted by Crippen LogP contribution is -2.24. The van der Waals surface area contributed by atoms with E-state index in [0.29, 0.717) is 0 Å². The Hall–Kier alpha value is -1.32. The van der Waals surface area contributed by atoms with Gasteiger partial charge in [-0.25, -0.2) is 0 Å². The molecule has 0 saturated carbocycles. The smallest absolute Gasteiger partial charge is 0.126 e. The summed E-state index contributed by atoms with van der Waals surface area (Å²) < 4.78 is 7.08. The molecule has 2 N–H and O–H groups in total. The molecule has 2 aromatic rings. The number of nitrogens with two attached hydrogens (primary N) is 1. The summed E-state index contributed by atoms with van der Waals surface area (Å²) in [5.74, 6) is 0.886. The largest absolute Gasteiger partial charge is 0.485 e. The van der Waals surface area contributed by atoms with Crippen LogP contribution in [0.15, 0.2) is 53.0 Å². The minimum atomic E-state index is 0.0343. The highest BCUT2D eigenvalue weighted by Gasteiger charge is 2.26. The Kier molecular flexibility index (Phi) is 3.10. The Morgan fingerprint density at radius 1 is 1.11 bits per heavy atom. The Bertz CT molecular complexity index is 556. The van der Waals surface area contributed by atoms with E-state index in [2.05, 4.69) is 28.1 Å². The van der Waals surface area contributed by atoms with Crippen molar-refractivity contribution in [2.75, 3.05) is 0 Å². The molecule has 0 aliphatic carbocycles. The highest BCUT2D eigenvalue weighted by Crippen LogP contribution is 2.40. The molecular weight excluding hydrogens is 290 g/mol. The topological polar surface area (TPSA) is 35.2 Å². The van der Waals surface area contributed by atoms with E-state index in [1.54, 1.807) is 0 Å². The molecule has 0 spiro atoms. The van der Waals surface area contributed by atoms with E-state index >= 15 is 0 Å². The predicted octanol–water partition coefficient (Wildman–Crippen LogP) is 3.97. The molecule has 0 aromatic heterocycles. The molecule has 0 bridgehead atoms. The molecule has 1 unspecified atom stereocenters. The number of benzene rings is 2. The minimum Gasteiger partial charge on any atom is -0.485 e. The van der Waals surface area contributed by atoms with Crippen molar-refractivity contribution in [2.45, 2.75) is 18.6 Å². The Morgan fingerprint density at radius 2 is 1.89 bits per heavy atom. The van der Waals surface area contributed by atoms with Gasteiger partial charge in [-0.1, -0.05) is 52.3 Å². The van der Waals surface area contributed by atoms with E-state index in [0.717, 1.165) is 22.2 Å². The maximum Gasteiger partial charge on any atom is 0.126 e. The SMILES string of the molecule is N[C@H]1CC(c2ccccc2)Oc2cc(Br)ccc21. The van der Waals surface area contributed by atoms with Crippen LogP contribution in [-0.2, 0) is 0 Å². The molecule has 1 aliphatic rings. The highest BCUT2D eigenvalue weighted by atomic mass is 79.9. The van der Waals surface area contributed by atoms with Crippen LogP contribution in [0, 0.1) is 0 Å². The first-order valence-corrected chi connectivity index (χ1v) is 6.80. The van der Waals surface area contributed by atoms with Gasteiger partial charge in [0.05, 0.1) is 0 Å². The molecule has 0 saturated heterocycles. The first-order valence-electron chi connectivity index (χ1n) is 6.00. The van der Waals surface area contributed by atoms with Crippen LogP contribution in [0.2, 0.25) is 0 Å². The van der Waals surface area contributed by atoms with Crippen LogP contribution in [0.25, 0.3) is 0 Å². The van der Waals surface area contributed by atoms with Crippen molar-refractivity contribution in [1.29, 1.82) is 0 Å². The monoisotopic (exact) mass is 303 g/mol. The van der Waals surface area contributed by atoms with Gasteiger partial charge in [-0.05, 0) is 17.7 Å². The van der Waals surface area contributed by atoms with Gasteiger partial charge in [0.25, 0.3) is 0 Å². The lowest BCUT2D eigenvalue weighted by molar-refractivity contribution is 0.161. The van der Waals surface area contributed by atoms with Gasteiger partial charge in [0.2, 0.25) is 0 Å². The lowest BCUT2D eigenvalue weighted by Gasteiger charge is -2.30. The number of fused-ring (bicyclic) bond motifs is 1. The van der Waals surface area contributed by atoms with Crippen molar-refractivity contribution in [3.63, 3.8) is 0 Å². The standard InChI is InChI=1S/C15H14BrNO/c16-11-6-7-12-13(17)9-14(18-15(12)8-11)10-4-2-1-3-5-10/h1-8,13-14H,9,17H2/t13-,14?/m0/s1. The predicted molar refractivity (Wildman–Crippen MR) is 75.5 cm³/mol. The Morgan fingerprint density at radius 3 is 2.67 bits per heavy atom. The number of hydrogen-bond donors (Lipinski definition) is 1. The molecule has 2 aromatic carbocycles. The van der Waals surface area contributed by atoms with Gasteiger partial charge >= 0.3 is 0 Å². The van der Waals surface area contributed by atoms with E-state index in [-0.39, 0.29) is 12.1 Å². The Labute approximate surface area is 115 Å². The van der Waals surface area contributed by atoms with E-state index in [1.165, 1.54) is 5.56 Å². The second-order valence-electron chi connectivity index (χ2n) is 4.54. The van der Waals surface area contributed by atoms with Gasteiger partial charge in [0.15, 0.2) is 0 Å². The maximum absolute atomic E-state index is 6.23. The number of hydrogen-bond acceptors (Lipinski definition) is 2. The van der Waals surface area contributed by atoms with Crippen molar-refractivity contribution in [3.05, 3.63) is 64.1 Å². The van der Waals surface area contributed by atoms with Crippen LogP contribution in [0.1, 0.15) is 29.7 Å². The summed E-state index contributed by atoms with van der Waals surface area (Å²) in [6.07, 6.45) is 0.863. The summed E-state index contributed by atoms with van der Waals surface area (Å²) in [4.78, 5) is 0. The average molecular weight is 304 g/mol. The summed E-state index contributed by atoms with van der Waals surface area (Å²) in [7, 11) is 0. The van der Waals surface area contributed by atoms with E-state index in [1.807, 2.05) is 36.4 Å². The zero-order valence-electron chi connectivity index (χ0n) is 9.84. The number of ether oxygens (including phenoxy) is 1. The van der Waals surface area contributed by atoms with Gasteiger partial charge in [-0.3, -0.25) is 0 Å².